The van der Waals surface area contributed by atoms with Gasteiger partial charge in [-0.1, -0.05) is 141 Å². The largest absolute Gasteiger partial charge is 0.469 e. The summed E-state index contributed by atoms with van der Waals surface area (Å²) < 4.78 is 20.8. The first-order valence-electron chi connectivity index (χ1n) is 20.6. The Hall–Kier alpha value is -1.35. The number of esters is 1. The van der Waals surface area contributed by atoms with E-state index in [1.807, 2.05) is 0 Å². The van der Waals surface area contributed by atoms with Crippen LogP contribution < -0.4 is 0 Å². The molecule has 0 aromatic heterocycles. The van der Waals surface area contributed by atoms with Crippen LogP contribution in [0.15, 0.2) is 24.3 Å². The van der Waals surface area contributed by atoms with E-state index in [1.165, 1.54) is 77.0 Å². The number of phosphoric ester groups is 1. The van der Waals surface area contributed by atoms with Gasteiger partial charge in [0.05, 0.1) is 6.61 Å². The Bertz CT molecular complexity index is 871. The Kier molecular flexibility index (Phi) is 40.4. The standard InChI is InChI=1S/C39H73O8P.C2H6O/c1-3-5-7-9-11-13-15-17-19-21-23-25-27-29-31-33-36(40)39(37(41)35-46-48(43,44)45)47-38(42)34-32-30-28-26-24-22-20-18-16-14-12-10-8-6-4-2;1-2-3/h17-20,37,39,41H,3-16,21-35H2,1-2H3,(H2,43,44,45);3H,2H2,1H3/b19-17-,20-18-;. The fourth-order valence-corrected chi connectivity index (χ4v) is 6.02. The van der Waals surface area contributed by atoms with Gasteiger partial charge in [0.1, 0.15) is 6.10 Å². The Morgan fingerprint density at radius 1 is 0.569 bits per heavy atom. The van der Waals surface area contributed by atoms with Crippen molar-refractivity contribution in [1.29, 1.82) is 0 Å². The average molecular weight is 747 g/mol. The number of carbonyl (C=O) groups is 2. The van der Waals surface area contributed by atoms with Crippen molar-refractivity contribution in [1.82, 2.24) is 0 Å². The molecule has 10 heteroatoms. The first-order valence-corrected chi connectivity index (χ1v) is 22.2. The number of ketones is 1. The van der Waals surface area contributed by atoms with Crippen molar-refractivity contribution in [2.45, 2.75) is 213 Å². The number of aliphatic hydroxyl groups excluding tert-OH is 2. The van der Waals surface area contributed by atoms with Crippen LogP contribution in [0.2, 0.25) is 0 Å². The summed E-state index contributed by atoms with van der Waals surface area (Å²) in [6.07, 6.45) is 35.8. The predicted octanol–water partition coefficient (Wildman–Crippen LogP) is 11.0. The minimum atomic E-state index is -4.84. The maximum absolute atomic E-state index is 12.9. The molecule has 0 aliphatic carbocycles. The Labute approximate surface area is 312 Å². The van der Waals surface area contributed by atoms with E-state index in [-0.39, 0.29) is 19.4 Å². The van der Waals surface area contributed by atoms with E-state index in [0.29, 0.717) is 12.8 Å². The van der Waals surface area contributed by atoms with Gasteiger partial charge in [-0.05, 0) is 71.1 Å². The van der Waals surface area contributed by atoms with E-state index in [1.54, 1.807) is 6.92 Å². The van der Waals surface area contributed by atoms with Crippen molar-refractivity contribution >= 4 is 19.6 Å². The summed E-state index contributed by atoms with van der Waals surface area (Å²) >= 11 is 0. The predicted molar refractivity (Wildman–Crippen MR) is 211 cm³/mol. The Morgan fingerprint density at radius 3 is 1.27 bits per heavy atom. The topological polar surface area (TPSA) is 151 Å². The molecule has 0 aliphatic heterocycles. The number of ether oxygens (including phenoxy) is 1. The number of allylic oxidation sites excluding steroid dienone is 4. The fourth-order valence-electron chi connectivity index (χ4n) is 5.67. The summed E-state index contributed by atoms with van der Waals surface area (Å²) in [6.45, 7) is 5.61. The highest BCUT2D eigenvalue weighted by atomic mass is 31.2. The summed E-state index contributed by atoms with van der Waals surface area (Å²) in [5.74, 6) is -1.04. The normalized spacial score (nSPS) is 13.0. The van der Waals surface area contributed by atoms with Crippen LogP contribution >= 0.6 is 7.82 Å². The van der Waals surface area contributed by atoms with Crippen LogP contribution in [0.4, 0.5) is 0 Å². The lowest BCUT2D eigenvalue weighted by Gasteiger charge is -2.22. The van der Waals surface area contributed by atoms with Gasteiger partial charge in [0.25, 0.3) is 0 Å². The third kappa shape index (κ3) is 41.3. The third-order valence-electron chi connectivity index (χ3n) is 8.67. The van der Waals surface area contributed by atoms with Gasteiger partial charge in [-0.15, -0.1) is 0 Å². The number of phosphoric acid groups is 1. The van der Waals surface area contributed by atoms with E-state index < -0.39 is 38.4 Å². The lowest BCUT2D eigenvalue weighted by molar-refractivity contribution is -0.163. The number of unbranched alkanes of at least 4 members (excludes halogenated alkanes) is 22. The second kappa shape index (κ2) is 39.8. The zero-order valence-electron chi connectivity index (χ0n) is 33.0. The molecule has 0 amide bonds. The zero-order valence-corrected chi connectivity index (χ0v) is 33.8. The van der Waals surface area contributed by atoms with Crippen LogP contribution in [0, 0.1) is 0 Å². The maximum Gasteiger partial charge on any atom is 0.469 e. The molecule has 0 fully saturated rings. The van der Waals surface area contributed by atoms with E-state index >= 15 is 0 Å². The summed E-state index contributed by atoms with van der Waals surface area (Å²) in [4.78, 5) is 43.4. The monoisotopic (exact) mass is 747 g/mol. The van der Waals surface area contributed by atoms with Gasteiger partial charge in [0, 0.05) is 19.4 Å². The smallest absolute Gasteiger partial charge is 0.451 e. The van der Waals surface area contributed by atoms with Gasteiger partial charge in [-0.2, -0.15) is 0 Å². The van der Waals surface area contributed by atoms with E-state index in [2.05, 4.69) is 42.7 Å². The van der Waals surface area contributed by atoms with Crippen LogP contribution in [0.3, 0.4) is 0 Å². The van der Waals surface area contributed by atoms with Crippen molar-refractivity contribution in [2.24, 2.45) is 0 Å². The number of aliphatic hydroxyl groups is 2. The van der Waals surface area contributed by atoms with E-state index in [4.69, 9.17) is 19.6 Å². The highest BCUT2D eigenvalue weighted by molar-refractivity contribution is 7.46. The number of hydrogen-bond donors (Lipinski definition) is 4. The number of hydrogen-bond acceptors (Lipinski definition) is 7. The zero-order chi connectivity index (χ0) is 38.3. The third-order valence-corrected chi connectivity index (χ3v) is 9.15. The molecule has 0 radical (unpaired) electrons. The highest BCUT2D eigenvalue weighted by Crippen LogP contribution is 2.36. The molecular formula is C41H79O9P. The summed E-state index contributed by atoms with van der Waals surface area (Å²) in [5.41, 5.74) is 0. The quantitative estimate of drug-likeness (QED) is 0.0212. The van der Waals surface area contributed by atoms with Crippen molar-refractivity contribution < 1.29 is 43.4 Å². The molecule has 0 aliphatic rings. The van der Waals surface area contributed by atoms with E-state index in [9.17, 15) is 19.3 Å². The molecule has 2 unspecified atom stereocenters. The van der Waals surface area contributed by atoms with Crippen molar-refractivity contribution in [2.75, 3.05) is 13.2 Å². The molecule has 0 saturated heterocycles. The van der Waals surface area contributed by atoms with Crippen LogP contribution in [0.25, 0.3) is 0 Å². The number of rotatable bonds is 36. The molecule has 9 nitrogen and oxygen atoms in total. The molecule has 2 atom stereocenters. The molecule has 0 aromatic carbocycles. The molecule has 0 saturated carbocycles. The van der Waals surface area contributed by atoms with Gasteiger partial charge in [-0.25, -0.2) is 4.57 Å². The summed E-state index contributed by atoms with van der Waals surface area (Å²) in [6, 6.07) is 0. The summed E-state index contributed by atoms with van der Waals surface area (Å²) in [5, 5.41) is 18.0. The molecule has 0 spiro atoms. The van der Waals surface area contributed by atoms with Gasteiger partial charge >= 0.3 is 13.8 Å². The molecule has 0 rings (SSSR count). The molecule has 0 bridgehead atoms. The molecule has 4 N–H and O–H groups in total. The second-order valence-corrected chi connectivity index (χ2v) is 15.0. The molecule has 302 valence electrons. The maximum atomic E-state index is 12.9. The lowest BCUT2D eigenvalue weighted by atomic mass is 10.0. The highest BCUT2D eigenvalue weighted by Gasteiger charge is 2.32. The van der Waals surface area contributed by atoms with Crippen LogP contribution in [-0.4, -0.2) is 57.2 Å². The van der Waals surface area contributed by atoms with E-state index in [0.717, 1.165) is 77.0 Å². The molecule has 0 heterocycles. The minimum Gasteiger partial charge on any atom is -0.451 e. The van der Waals surface area contributed by atoms with Gasteiger partial charge in [0.15, 0.2) is 11.9 Å². The first kappa shape index (κ1) is 51.8. The van der Waals surface area contributed by atoms with Crippen LogP contribution in [0.5, 0.6) is 0 Å². The summed E-state index contributed by atoms with van der Waals surface area (Å²) in [7, 11) is -4.84. The van der Waals surface area contributed by atoms with Crippen LogP contribution in [-0.2, 0) is 23.4 Å². The number of Topliss-reactive ketones (excluding diaryl/α,β-unsaturated/α-hetero) is 1. The first-order chi connectivity index (χ1) is 24.6. The lowest BCUT2D eigenvalue weighted by Crippen LogP contribution is -2.40. The van der Waals surface area contributed by atoms with Crippen molar-refractivity contribution in [3.8, 4) is 0 Å². The van der Waals surface area contributed by atoms with Gasteiger partial charge < -0.3 is 24.7 Å². The SMILES string of the molecule is CCCCCCCC/C=C\CCCCCCCC(=O)OC(C(=O)CCCCCCC/C=C\CCCCCCCC)C(O)COP(=O)(O)O.CCO. The van der Waals surface area contributed by atoms with Crippen molar-refractivity contribution in [3.05, 3.63) is 24.3 Å². The Balaban J connectivity index is 0. The fraction of sp³-hybridized carbons (Fsp3) is 0.854. The van der Waals surface area contributed by atoms with Gasteiger partial charge in [0.2, 0.25) is 0 Å². The molecule has 51 heavy (non-hydrogen) atoms. The Morgan fingerprint density at radius 2 is 0.902 bits per heavy atom. The average Bonchev–Trinajstić information content (AvgIpc) is 3.09. The number of carbonyl (C=O) groups excluding carboxylic acids is 2. The van der Waals surface area contributed by atoms with Gasteiger partial charge in [-0.3, -0.25) is 14.1 Å². The second-order valence-electron chi connectivity index (χ2n) is 13.7. The van der Waals surface area contributed by atoms with Crippen molar-refractivity contribution in [3.63, 3.8) is 0 Å². The molecule has 0 aromatic rings. The minimum absolute atomic E-state index is 0.122. The molecular weight excluding hydrogens is 667 g/mol. The van der Waals surface area contributed by atoms with Crippen LogP contribution in [0.1, 0.15) is 201 Å².